The molecule has 1 fully saturated rings. The van der Waals surface area contributed by atoms with Crippen molar-refractivity contribution in [3.8, 4) is 0 Å². The molecule has 4 nitrogen and oxygen atoms in total. The Morgan fingerprint density at radius 3 is 2.43 bits per heavy atom. The van der Waals surface area contributed by atoms with Crippen molar-refractivity contribution in [2.75, 3.05) is 18.0 Å². The Hall–Kier alpha value is -2.43. The summed E-state index contributed by atoms with van der Waals surface area (Å²) in [5.74, 6) is 0.627. The van der Waals surface area contributed by atoms with Crippen LogP contribution in [0.4, 0.5) is 10.2 Å². The van der Waals surface area contributed by atoms with Crippen LogP contribution in [0.5, 0.6) is 0 Å². The second kappa shape index (κ2) is 7.22. The van der Waals surface area contributed by atoms with Crippen LogP contribution in [-0.4, -0.2) is 24.0 Å². The van der Waals surface area contributed by atoms with Crippen molar-refractivity contribution in [3.63, 3.8) is 0 Å². The number of rotatable bonds is 5. The van der Waals surface area contributed by atoms with Gasteiger partial charge in [0.1, 0.15) is 11.6 Å². The number of nitrogens with zero attached hydrogens (tertiary/aromatic N) is 2. The second-order valence-corrected chi connectivity index (χ2v) is 5.80. The fourth-order valence-corrected chi connectivity index (χ4v) is 2.71. The van der Waals surface area contributed by atoms with Gasteiger partial charge < -0.3 is 10.2 Å². The Kier molecular flexibility index (Phi) is 4.86. The largest absolute Gasteiger partial charge is 0.357 e. The third kappa shape index (κ3) is 4.28. The minimum Gasteiger partial charge on any atom is -0.357 e. The Labute approximate surface area is 135 Å². The van der Waals surface area contributed by atoms with Crippen LogP contribution in [0.1, 0.15) is 24.0 Å². The van der Waals surface area contributed by atoms with Crippen LogP contribution < -0.4 is 10.2 Å². The van der Waals surface area contributed by atoms with E-state index in [1.54, 1.807) is 12.1 Å². The minimum absolute atomic E-state index is 0.0831. The molecule has 2 heterocycles. The fraction of sp³-hybridized carbons (Fsp3) is 0.333. The van der Waals surface area contributed by atoms with Crippen LogP contribution in [0.15, 0.2) is 42.6 Å². The van der Waals surface area contributed by atoms with Crippen molar-refractivity contribution in [3.05, 3.63) is 59.5 Å². The van der Waals surface area contributed by atoms with Gasteiger partial charge in [0.05, 0.1) is 6.42 Å². The molecule has 0 aliphatic carbocycles. The molecule has 120 valence electrons. The van der Waals surface area contributed by atoms with Crippen molar-refractivity contribution < 1.29 is 9.18 Å². The van der Waals surface area contributed by atoms with Crippen LogP contribution in [0, 0.1) is 5.82 Å². The third-order valence-electron chi connectivity index (χ3n) is 4.01. The predicted molar refractivity (Wildman–Crippen MR) is 87.6 cm³/mol. The van der Waals surface area contributed by atoms with Crippen LogP contribution >= 0.6 is 0 Å². The van der Waals surface area contributed by atoms with E-state index in [4.69, 9.17) is 0 Å². The van der Waals surface area contributed by atoms with Crippen molar-refractivity contribution in [1.29, 1.82) is 0 Å². The maximum absolute atomic E-state index is 12.8. The van der Waals surface area contributed by atoms with E-state index in [-0.39, 0.29) is 18.1 Å². The molecule has 1 N–H and O–H groups in total. The molecule has 1 aliphatic heterocycles. The van der Waals surface area contributed by atoms with Gasteiger partial charge in [-0.2, -0.15) is 0 Å². The first kappa shape index (κ1) is 15.5. The summed E-state index contributed by atoms with van der Waals surface area (Å²) < 4.78 is 12.8. The smallest absolute Gasteiger partial charge is 0.224 e. The molecular weight excluding hydrogens is 293 g/mol. The second-order valence-electron chi connectivity index (χ2n) is 5.80. The van der Waals surface area contributed by atoms with Gasteiger partial charge in [0.15, 0.2) is 0 Å². The van der Waals surface area contributed by atoms with Gasteiger partial charge in [-0.15, -0.1) is 0 Å². The normalized spacial score (nSPS) is 14.0. The molecule has 1 aliphatic rings. The van der Waals surface area contributed by atoms with E-state index in [2.05, 4.69) is 15.2 Å². The van der Waals surface area contributed by atoms with E-state index in [0.29, 0.717) is 6.54 Å². The molecular formula is C18H20FN3O. The zero-order valence-electron chi connectivity index (χ0n) is 13.0. The number of benzene rings is 1. The van der Waals surface area contributed by atoms with Crippen molar-refractivity contribution >= 4 is 11.7 Å². The number of nitrogens with one attached hydrogen (secondary N) is 1. The fourth-order valence-electron chi connectivity index (χ4n) is 2.71. The van der Waals surface area contributed by atoms with Crippen LogP contribution in [0.3, 0.4) is 0 Å². The van der Waals surface area contributed by atoms with Crippen molar-refractivity contribution in [2.45, 2.75) is 25.8 Å². The molecule has 1 aromatic carbocycles. The Morgan fingerprint density at radius 2 is 1.78 bits per heavy atom. The maximum atomic E-state index is 12.8. The summed E-state index contributed by atoms with van der Waals surface area (Å²) in [5, 5.41) is 2.86. The summed E-state index contributed by atoms with van der Waals surface area (Å²) in [6.45, 7) is 2.59. The first-order valence-corrected chi connectivity index (χ1v) is 7.92. The van der Waals surface area contributed by atoms with Crippen LogP contribution in [0.25, 0.3) is 0 Å². The lowest BCUT2D eigenvalue weighted by Crippen LogP contribution is -2.24. The average Bonchev–Trinajstić information content (AvgIpc) is 3.10. The molecule has 0 radical (unpaired) electrons. The lowest BCUT2D eigenvalue weighted by Gasteiger charge is -2.16. The number of carbonyl (C=O) groups is 1. The van der Waals surface area contributed by atoms with Crippen molar-refractivity contribution in [1.82, 2.24) is 10.3 Å². The van der Waals surface area contributed by atoms with E-state index in [1.165, 1.54) is 25.0 Å². The lowest BCUT2D eigenvalue weighted by molar-refractivity contribution is -0.120. The quantitative estimate of drug-likeness (QED) is 0.923. The van der Waals surface area contributed by atoms with Gasteiger partial charge in [-0.05, 0) is 42.2 Å². The Morgan fingerprint density at radius 1 is 1.09 bits per heavy atom. The molecule has 0 atom stereocenters. The van der Waals surface area contributed by atoms with E-state index in [0.717, 1.165) is 30.0 Å². The summed E-state index contributed by atoms with van der Waals surface area (Å²) in [6, 6.07) is 9.99. The first-order valence-electron chi connectivity index (χ1n) is 7.92. The summed E-state index contributed by atoms with van der Waals surface area (Å²) in [7, 11) is 0. The van der Waals surface area contributed by atoms with Gasteiger partial charge in [0.25, 0.3) is 0 Å². The molecule has 1 aromatic heterocycles. The van der Waals surface area contributed by atoms with Gasteiger partial charge in [-0.3, -0.25) is 4.79 Å². The molecule has 3 rings (SSSR count). The monoisotopic (exact) mass is 313 g/mol. The number of pyridine rings is 1. The number of amides is 1. The number of aromatic nitrogens is 1. The average molecular weight is 313 g/mol. The number of halogens is 1. The Balaban J connectivity index is 1.49. The highest BCUT2D eigenvalue weighted by Gasteiger charge is 2.13. The standard InChI is InChI=1S/C18H20FN3O/c19-16-6-3-14(4-7-16)11-18(23)21-13-15-5-8-17(20-12-15)22-9-1-2-10-22/h3-8,12H,1-2,9-11,13H2,(H,21,23). The maximum Gasteiger partial charge on any atom is 0.224 e. The number of hydrogen-bond donors (Lipinski definition) is 1. The summed E-state index contributed by atoms with van der Waals surface area (Å²) in [4.78, 5) is 18.7. The zero-order chi connectivity index (χ0) is 16.1. The van der Waals surface area contributed by atoms with Crippen molar-refractivity contribution in [2.24, 2.45) is 0 Å². The third-order valence-corrected chi connectivity index (χ3v) is 4.01. The van der Waals surface area contributed by atoms with E-state index in [1.807, 2.05) is 18.3 Å². The predicted octanol–water partition coefficient (Wildman–Crippen LogP) is 2.68. The highest BCUT2D eigenvalue weighted by Crippen LogP contribution is 2.17. The van der Waals surface area contributed by atoms with Crippen LogP contribution in [0.2, 0.25) is 0 Å². The molecule has 0 spiro atoms. The van der Waals surface area contributed by atoms with Gasteiger partial charge >= 0.3 is 0 Å². The van der Waals surface area contributed by atoms with Gasteiger partial charge in [-0.25, -0.2) is 9.37 Å². The number of carbonyl (C=O) groups excluding carboxylic acids is 1. The zero-order valence-corrected chi connectivity index (χ0v) is 13.0. The highest BCUT2D eigenvalue weighted by molar-refractivity contribution is 5.78. The van der Waals surface area contributed by atoms with Gasteiger partial charge in [-0.1, -0.05) is 18.2 Å². The summed E-state index contributed by atoms with van der Waals surface area (Å²) in [6.07, 6.45) is 4.51. The lowest BCUT2D eigenvalue weighted by atomic mass is 10.1. The molecule has 0 bridgehead atoms. The summed E-state index contributed by atoms with van der Waals surface area (Å²) in [5.41, 5.74) is 1.77. The molecule has 2 aromatic rings. The molecule has 1 amide bonds. The van der Waals surface area contributed by atoms with E-state index in [9.17, 15) is 9.18 Å². The molecule has 1 saturated heterocycles. The molecule has 23 heavy (non-hydrogen) atoms. The highest BCUT2D eigenvalue weighted by atomic mass is 19.1. The number of hydrogen-bond acceptors (Lipinski definition) is 3. The summed E-state index contributed by atoms with van der Waals surface area (Å²) >= 11 is 0. The van der Waals surface area contributed by atoms with E-state index < -0.39 is 0 Å². The van der Waals surface area contributed by atoms with Gasteiger partial charge in [0.2, 0.25) is 5.91 Å². The van der Waals surface area contributed by atoms with E-state index >= 15 is 0 Å². The topological polar surface area (TPSA) is 45.2 Å². The number of anilines is 1. The molecule has 5 heteroatoms. The SMILES string of the molecule is O=C(Cc1ccc(F)cc1)NCc1ccc(N2CCCC2)nc1. The molecule has 0 unspecified atom stereocenters. The van der Waals surface area contributed by atoms with Crippen LogP contribution in [-0.2, 0) is 17.8 Å². The van der Waals surface area contributed by atoms with Gasteiger partial charge in [0, 0.05) is 25.8 Å². The Bertz CT molecular complexity index is 649. The first-order chi connectivity index (χ1) is 11.2. The molecule has 0 saturated carbocycles. The minimum atomic E-state index is -0.293.